The fourth-order valence-electron chi connectivity index (χ4n) is 3.96. The van der Waals surface area contributed by atoms with Gasteiger partial charge in [0.05, 0.1) is 0 Å². The van der Waals surface area contributed by atoms with Crippen molar-refractivity contribution in [2.24, 2.45) is 5.73 Å². The van der Waals surface area contributed by atoms with Crippen LogP contribution in [0.5, 0.6) is 0 Å². The molecule has 1 aliphatic rings. The molecule has 1 saturated carbocycles. The Morgan fingerprint density at radius 2 is 1.92 bits per heavy atom. The van der Waals surface area contributed by atoms with Crippen LogP contribution in [0.15, 0.2) is 30.3 Å². The van der Waals surface area contributed by atoms with Gasteiger partial charge in [-0.15, -0.1) is 0 Å². The van der Waals surface area contributed by atoms with Crippen molar-refractivity contribution < 1.29 is 0 Å². The Hall–Kier alpha value is -1.71. The topological polar surface area (TPSA) is 53.8 Å². The lowest BCUT2D eigenvalue weighted by Crippen LogP contribution is -2.22. The number of aromatic nitrogens is 1. The molecule has 0 radical (unpaired) electrons. The van der Waals surface area contributed by atoms with Gasteiger partial charge in [0, 0.05) is 38.6 Å². The second-order valence-corrected chi connectivity index (χ2v) is 7.33. The minimum Gasteiger partial charge on any atom is -0.382 e. The SMILES string of the molecule is NCCc1cc(NC2CCCCC2)cc2c1[nH]c1ccc(Cl)cc12. The maximum absolute atomic E-state index is 6.22. The Morgan fingerprint density at radius 3 is 2.71 bits per heavy atom. The number of hydrogen-bond donors (Lipinski definition) is 3. The van der Waals surface area contributed by atoms with Crippen LogP contribution in [0.1, 0.15) is 37.7 Å². The lowest BCUT2D eigenvalue weighted by atomic mass is 9.95. The van der Waals surface area contributed by atoms with Crippen LogP contribution in [-0.4, -0.2) is 17.6 Å². The summed E-state index contributed by atoms with van der Waals surface area (Å²) >= 11 is 6.22. The molecule has 1 heterocycles. The van der Waals surface area contributed by atoms with Gasteiger partial charge >= 0.3 is 0 Å². The molecule has 1 aliphatic carbocycles. The molecule has 0 amide bonds. The number of aromatic amines is 1. The largest absolute Gasteiger partial charge is 0.382 e. The molecule has 0 saturated heterocycles. The summed E-state index contributed by atoms with van der Waals surface area (Å²) in [7, 11) is 0. The number of nitrogens with one attached hydrogen (secondary N) is 2. The maximum Gasteiger partial charge on any atom is 0.0499 e. The first-order valence-electron chi connectivity index (χ1n) is 8.95. The third kappa shape index (κ3) is 2.99. The van der Waals surface area contributed by atoms with Crippen LogP contribution in [-0.2, 0) is 6.42 Å². The van der Waals surface area contributed by atoms with Crippen molar-refractivity contribution in [3.8, 4) is 0 Å². The smallest absolute Gasteiger partial charge is 0.0499 e. The average Bonchev–Trinajstić information content (AvgIpc) is 2.94. The van der Waals surface area contributed by atoms with Crippen molar-refractivity contribution in [2.75, 3.05) is 11.9 Å². The monoisotopic (exact) mass is 341 g/mol. The molecule has 1 aromatic heterocycles. The highest BCUT2D eigenvalue weighted by Crippen LogP contribution is 2.33. The molecule has 0 unspecified atom stereocenters. The van der Waals surface area contributed by atoms with E-state index in [-0.39, 0.29) is 0 Å². The van der Waals surface area contributed by atoms with E-state index in [0.29, 0.717) is 12.6 Å². The first kappa shape index (κ1) is 15.8. The summed E-state index contributed by atoms with van der Waals surface area (Å²) in [6.07, 6.45) is 7.44. The highest BCUT2D eigenvalue weighted by molar-refractivity contribution is 6.31. The van der Waals surface area contributed by atoms with Crippen LogP contribution in [0.3, 0.4) is 0 Å². The van der Waals surface area contributed by atoms with E-state index in [2.05, 4.69) is 28.5 Å². The number of hydrogen-bond acceptors (Lipinski definition) is 2. The maximum atomic E-state index is 6.22. The van der Waals surface area contributed by atoms with E-state index in [1.807, 2.05) is 12.1 Å². The van der Waals surface area contributed by atoms with Crippen LogP contribution < -0.4 is 11.1 Å². The molecule has 0 spiro atoms. The highest BCUT2D eigenvalue weighted by atomic mass is 35.5. The Balaban J connectivity index is 1.81. The summed E-state index contributed by atoms with van der Waals surface area (Å²) < 4.78 is 0. The average molecular weight is 342 g/mol. The number of benzene rings is 2. The van der Waals surface area contributed by atoms with E-state index in [4.69, 9.17) is 17.3 Å². The lowest BCUT2D eigenvalue weighted by Gasteiger charge is -2.24. The third-order valence-electron chi connectivity index (χ3n) is 5.14. The Kier molecular flexibility index (Phi) is 4.38. The van der Waals surface area contributed by atoms with Crippen LogP contribution in [0.4, 0.5) is 5.69 Å². The predicted octanol–water partition coefficient (Wildman–Crippen LogP) is 5.22. The fourth-order valence-corrected chi connectivity index (χ4v) is 4.14. The molecule has 0 bridgehead atoms. The number of nitrogens with two attached hydrogens (primary N) is 1. The van der Waals surface area contributed by atoms with Gasteiger partial charge in [0.15, 0.2) is 0 Å². The molecule has 4 heteroatoms. The number of halogens is 1. The number of anilines is 1. The Bertz CT molecular complexity index is 862. The zero-order valence-corrected chi connectivity index (χ0v) is 14.6. The number of rotatable bonds is 4. The summed E-state index contributed by atoms with van der Waals surface area (Å²) in [5.41, 5.74) is 10.6. The van der Waals surface area contributed by atoms with Crippen molar-refractivity contribution >= 4 is 39.1 Å². The van der Waals surface area contributed by atoms with E-state index in [9.17, 15) is 0 Å². The van der Waals surface area contributed by atoms with Crippen LogP contribution in [0, 0.1) is 0 Å². The quantitative estimate of drug-likeness (QED) is 0.609. The summed E-state index contributed by atoms with van der Waals surface area (Å²) in [5, 5.41) is 6.94. The normalized spacial score (nSPS) is 16.1. The molecular formula is C20H24ClN3. The number of fused-ring (bicyclic) bond motifs is 3. The zero-order valence-electron chi connectivity index (χ0n) is 13.9. The first-order chi connectivity index (χ1) is 11.7. The highest BCUT2D eigenvalue weighted by Gasteiger charge is 2.15. The summed E-state index contributed by atoms with van der Waals surface area (Å²) in [6, 6.07) is 11.2. The standard InChI is InChI=1S/C20H24ClN3/c21-14-6-7-19-17(11-14)18-12-16(23-15-4-2-1-3-5-15)10-13(8-9-22)20(18)24-19/h6-7,10-12,15,23-24H,1-5,8-9,22H2. The number of H-pyrrole nitrogens is 1. The minimum absolute atomic E-state index is 0.593. The third-order valence-corrected chi connectivity index (χ3v) is 5.38. The van der Waals surface area contributed by atoms with Gasteiger partial charge in [-0.25, -0.2) is 0 Å². The van der Waals surface area contributed by atoms with Gasteiger partial charge in [-0.1, -0.05) is 30.9 Å². The van der Waals surface area contributed by atoms with Crippen molar-refractivity contribution in [3.05, 3.63) is 40.9 Å². The molecular weight excluding hydrogens is 318 g/mol. The van der Waals surface area contributed by atoms with Crippen LogP contribution >= 0.6 is 11.6 Å². The van der Waals surface area contributed by atoms with E-state index >= 15 is 0 Å². The van der Waals surface area contributed by atoms with Crippen LogP contribution in [0.2, 0.25) is 5.02 Å². The van der Waals surface area contributed by atoms with Gasteiger partial charge in [-0.2, -0.15) is 0 Å². The molecule has 126 valence electrons. The van der Waals surface area contributed by atoms with Crippen LogP contribution in [0.25, 0.3) is 21.8 Å². The van der Waals surface area contributed by atoms with Crippen molar-refractivity contribution in [3.63, 3.8) is 0 Å². The fraction of sp³-hybridized carbons (Fsp3) is 0.400. The summed E-state index contributed by atoms with van der Waals surface area (Å²) in [6.45, 7) is 0.651. The molecule has 1 fully saturated rings. The van der Waals surface area contributed by atoms with Gasteiger partial charge in [-0.05, 0) is 61.7 Å². The molecule has 0 atom stereocenters. The Labute approximate surface area is 147 Å². The molecule has 4 rings (SSSR count). The van der Waals surface area contributed by atoms with E-state index in [0.717, 1.165) is 17.0 Å². The predicted molar refractivity (Wildman–Crippen MR) is 104 cm³/mol. The van der Waals surface area contributed by atoms with Gasteiger partial charge in [0.25, 0.3) is 0 Å². The van der Waals surface area contributed by atoms with Gasteiger partial charge in [0.2, 0.25) is 0 Å². The van der Waals surface area contributed by atoms with Gasteiger partial charge in [-0.3, -0.25) is 0 Å². The van der Waals surface area contributed by atoms with E-state index in [1.54, 1.807) is 0 Å². The van der Waals surface area contributed by atoms with E-state index in [1.165, 1.54) is 59.6 Å². The first-order valence-corrected chi connectivity index (χ1v) is 9.33. The molecule has 3 nitrogen and oxygen atoms in total. The second kappa shape index (κ2) is 6.66. The summed E-state index contributed by atoms with van der Waals surface area (Å²) in [5.74, 6) is 0. The molecule has 0 aliphatic heterocycles. The molecule has 4 N–H and O–H groups in total. The van der Waals surface area contributed by atoms with Crippen molar-refractivity contribution in [1.29, 1.82) is 0 Å². The van der Waals surface area contributed by atoms with Crippen molar-refractivity contribution in [2.45, 2.75) is 44.6 Å². The zero-order chi connectivity index (χ0) is 16.5. The van der Waals surface area contributed by atoms with Gasteiger partial charge < -0.3 is 16.0 Å². The summed E-state index contributed by atoms with van der Waals surface area (Å²) in [4.78, 5) is 3.55. The molecule has 24 heavy (non-hydrogen) atoms. The minimum atomic E-state index is 0.593. The Morgan fingerprint density at radius 1 is 1.08 bits per heavy atom. The van der Waals surface area contributed by atoms with E-state index < -0.39 is 0 Å². The lowest BCUT2D eigenvalue weighted by molar-refractivity contribution is 0.463. The molecule has 2 aromatic carbocycles. The van der Waals surface area contributed by atoms with Crippen molar-refractivity contribution in [1.82, 2.24) is 4.98 Å². The molecule has 3 aromatic rings. The van der Waals surface area contributed by atoms with Gasteiger partial charge in [0.1, 0.15) is 0 Å². The second-order valence-electron chi connectivity index (χ2n) is 6.89.